The fraction of sp³-hybridized carbons (Fsp3) is 0.650. The molecule has 2 N–H and O–H groups in total. The molecule has 2 rings (SSSR count). The number of hydrogen-bond donors (Lipinski definition) is 2. The average Bonchev–Trinajstić information content (AvgIpc) is 3.00. The van der Waals surface area contributed by atoms with E-state index in [9.17, 15) is 9.90 Å². The molecule has 4 heteroatoms. The second kappa shape index (κ2) is 7.56. The predicted molar refractivity (Wildman–Crippen MR) is 98.0 cm³/mol. The van der Waals surface area contributed by atoms with Crippen LogP contribution in [0.25, 0.3) is 0 Å². The lowest BCUT2D eigenvalue weighted by molar-refractivity contribution is 0.192. The molecule has 1 fully saturated rings. The predicted octanol–water partition coefficient (Wildman–Crippen LogP) is 3.71. The Morgan fingerprint density at radius 2 is 1.92 bits per heavy atom. The quantitative estimate of drug-likeness (QED) is 0.883. The van der Waals surface area contributed by atoms with Crippen molar-refractivity contribution in [3.8, 4) is 0 Å². The lowest BCUT2D eigenvalue weighted by Gasteiger charge is -2.27. The molecule has 2 unspecified atom stereocenters. The van der Waals surface area contributed by atoms with E-state index in [1.165, 1.54) is 5.56 Å². The fourth-order valence-electron chi connectivity index (χ4n) is 3.22. The zero-order chi connectivity index (χ0) is 17.9. The molecule has 0 bridgehead atoms. The molecule has 1 aromatic rings. The van der Waals surface area contributed by atoms with Gasteiger partial charge in [-0.15, -0.1) is 0 Å². The van der Waals surface area contributed by atoms with Crippen LogP contribution in [0, 0.1) is 11.8 Å². The third-order valence-electron chi connectivity index (χ3n) is 4.91. The Labute approximate surface area is 146 Å². The van der Waals surface area contributed by atoms with Gasteiger partial charge in [0.05, 0.1) is 6.04 Å². The van der Waals surface area contributed by atoms with E-state index in [0.29, 0.717) is 12.5 Å². The van der Waals surface area contributed by atoms with Gasteiger partial charge >= 0.3 is 6.03 Å². The molecule has 2 amide bonds. The number of carbonyl (C=O) groups is 1. The van der Waals surface area contributed by atoms with Crippen LogP contribution >= 0.6 is 0 Å². The van der Waals surface area contributed by atoms with E-state index in [1.807, 2.05) is 4.90 Å². The van der Waals surface area contributed by atoms with Crippen LogP contribution < -0.4 is 5.32 Å². The van der Waals surface area contributed by atoms with Gasteiger partial charge in [-0.1, -0.05) is 58.9 Å². The zero-order valence-corrected chi connectivity index (χ0v) is 15.7. The minimum Gasteiger partial charge on any atom is -0.396 e. The van der Waals surface area contributed by atoms with Crippen molar-refractivity contribution in [2.24, 2.45) is 11.8 Å². The third-order valence-corrected chi connectivity index (χ3v) is 4.91. The number of likely N-dealkylation sites (tertiary alicyclic amines) is 1. The van der Waals surface area contributed by atoms with Crippen LogP contribution in [0.5, 0.6) is 0 Å². The van der Waals surface area contributed by atoms with Gasteiger partial charge < -0.3 is 15.3 Å². The number of benzene rings is 1. The van der Waals surface area contributed by atoms with Crippen molar-refractivity contribution in [1.29, 1.82) is 0 Å². The van der Waals surface area contributed by atoms with Crippen molar-refractivity contribution < 1.29 is 9.90 Å². The van der Waals surface area contributed by atoms with E-state index >= 15 is 0 Å². The SMILES string of the molecule is CC(C)C(NC(=O)N1CCC(CO)C1)c1ccc(C(C)(C)C)cc1. The highest BCUT2D eigenvalue weighted by Crippen LogP contribution is 2.27. The summed E-state index contributed by atoms with van der Waals surface area (Å²) in [6.45, 7) is 12.4. The standard InChI is InChI=1S/C20H32N2O2/c1-14(2)18(16-6-8-17(9-7-16)20(3,4)5)21-19(24)22-11-10-15(12-22)13-23/h6-9,14-15,18,23H,10-13H2,1-5H3,(H,21,24). The average molecular weight is 332 g/mol. The largest absolute Gasteiger partial charge is 0.396 e. The number of urea groups is 1. The molecule has 0 spiro atoms. The van der Waals surface area contributed by atoms with Crippen molar-refractivity contribution >= 4 is 6.03 Å². The summed E-state index contributed by atoms with van der Waals surface area (Å²) in [7, 11) is 0. The molecule has 134 valence electrons. The van der Waals surface area contributed by atoms with Crippen molar-refractivity contribution in [2.45, 2.75) is 52.5 Å². The molecular weight excluding hydrogens is 300 g/mol. The minimum atomic E-state index is -0.0236. The fourth-order valence-corrected chi connectivity index (χ4v) is 3.22. The highest BCUT2D eigenvalue weighted by molar-refractivity contribution is 5.75. The van der Waals surface area contributed by atoms with Crippen molar-refractivity contribution in [2.75, 3.05) is 19.7 Å². The maximum atomic E-state index is 12.6. The number of amides is 2. The molecule has 0 aromatic heterocycles. The van der Waals surface area contributed by atoms with E-state index < -0.39 is 0 Å². The second-order valence-corrected chi connectivity index (χ2v) is 8.33. The van der Waals surface area contributed by atoms with E-state index in [1.54, 1.807) is 0 Å². The first kappa shape index (κ1) is 18.8. The van der Waals surface area contributed by atoms with Crippen LogP contribution in [0.4, 0.5) is 4.79 Å². The molecular formula is C20H32N2O2. The Morgan fingerprint density at radius 3 is 2.38 bits per heavy atom. The van der Waals surface area contributed by atoms with Crippen LogP contribution in [0.15, 0.2) is 24.3 Å². The third kappa shape index (κ3) is 4.50. The normalized spacial score (nSPS) is 19.6. The van der Waals surface area contributed by atoms with Crippen LogP contribution in [-0.2, 0) is 5.41 Å². The molecule has 2 atom stereocenters. The van der Waals surface area contributed by atoms with Crippen molar-refractivity contribution in [3.63, 3.8) is 0 Å². The van der Waals surface area contributed by atoms with Gasteiger partial charge in [-0.3, -0.25) is 0 Å². The molecule has 1 saturated heterocycles. The van der Waals surface area contributed by atoms with Crippen molar-refractivity contribution in [1.82, 2.24) is 10.2 Å². The first-order chi connectivity index (χ1) is 11.2. The van der Waals surface area contributed by atoms with Gasteiger partial charge in [0.2, 0.25) is 0 Å². The van der Waals surface area contributed by atoms with Gasteiger partial charge in [-0.25, -0.2) is 4.79 Å². The van der Waals surface area contributed by atoms with Gasteiger partial charge in [-0.05, 0) is 28.9 Å². The molecule has 24 heavy (non-hydrogen) atoms. The van der Waals surface area contributed by atoms with Crippen molar-refractivity contribution in [3.05, 3.63) is 35.4 Å². The maximum absolute atomic E-state index is 12.6. The van der Waals surface area contributed by atoms with Gasteiger partial charge in [0.15, 0.2) is 0 Å². The van der Waals surface area contributed by atoms with E-state index in [2.05, 4.69) is 64.2 Å². The Kier molecular flexibility index (Phi) is 5.92. The highest BCUT2D eigenvalue weighted by Gasteiger charge is 2.28. The van der Waals surface area contributed by atoms with Crippen LogP contribution in [0.3, 0.4) is 0 Å². The summed E-state index contributed by atoms with van der Waals surface area (Å²) in [6.07, 6.45) is 0.885. The molecule has 1 aliphatic heterocycles. The van der Waals surface area contributed by atoms with E-state index in [0.717, 1.165) is 18.5 Å². The highest BCUT2D eigenvalue weighted by atomic mass is 16.3. The summed E-state index contributed by atoms with van der Waals surface area (Å²) in [6, 6.07) is 8.56. The topological polar surface area (TPSA) is 52.6 Å². The number of carbonyl (C=O) groups excluding carboxylic acids is 1. The molecule has 1 aliphatic rings. The van der Waals surface area contributed by atoms with Crippen LogP contribution in [0.1, 0.15) is 58.2 Å². The Morgan fingerprint density at radius 1 is 1.29 bits per heavy atom. The Balaban J connectivity index is 2.08. The molecule has 1 heterocycles. The van der Waals surface area contributed by atoms with Crippen LogP contribution in [-0.4, -0.2) is 35.7 Å². The zero-order valence-electron chi connectivity index (χ0n) is 15.7. The Bertz CT molecular complexity index is 546. The summed E-state index contributed by atoms with van der Waals surface area (Å²) in [4.78, 5) is 14.4. The van der Waals surface area contributed by atoms with E-state index in [4.69, 9.17) is 0 Å². The summed E-state index contributed by atoms with van der Waals surface area (Å²) in [5.41, 5.74) is 2.57. The van der Waals surface area contributed by atoms with Gasteiger partial charge in [0.25, 0.3) is 0 Å². The molecule has 4 nitrogen and oxygen atoms in total. The smallest absolute Gasteiger partial charge is 0.317 e. The lowest BCUT2D eigenvalue weighted by atomic mass is 9.85. The van der Waals surface area contributed by atoms with Gasteiger partial charge in [-0.2, -0.15) is 0 Å². The Hall–Kier alpha value is -1.55. The number of hydrogen-bond acceptors (Lipinski definition) is 2. The second-order valence-electron chi connectivity index (χ2n) is 8.33. The number of nitrogens with one attached hydrogen (secondary N) is 1. The number of aliphatic hydroxyl groups is 1. The first-order valence-electron chi connectivity index (χ1n) is 8.99. The molecule has 0 saturated carbocycles. The van der Waals surface area contributed by atoms with Gasteiger partial charge in [0.1, 0.15) is 0 Å². The molecule has 1 aromatic carbocycles. The van der Waals surface area contributed by atoms with Gasteiger partial charge in [0, 0.05) is 25.6 Å². The summed E-state index contributed by atoms with van der Waals surface area (Å²) in [5.74, 6) is 0.532. The maximum Gasteiger partial charge on any atom is 0.317 e. The van der Waals surface area contributed by atoms with E-state index in [-0.39, 0.29) is 30.0 Å². The summed E-state index contributed by atoms with van der Waals surface area (Å²) < 4.78 is 0. The number of nitrogens with zero attached hydrogens (tertiary/aromatic N) is 1. The number of rotatable bonds is 4. The van der Waals surface area contributed by atoms with Crippen LogP contribution in [0.2, 0.25) is 0 Å². The minimum absolute atomic E-state index is 0.000283. The summed E-state index contributed by atoms with van der Waals surface area (Å²) in [5, 5.41) is 12.4. The lowest BCUT2D eigenvalue weighted by Crippen LogP contribution is -2.42. The monoisotopic (exact) mass is 332 g/mol. The molecule has 0 radical (unpaired) electrons. The molecule has 0 aliphatic carbocycles. The summed E-state index contributed by atoms with van der Waals surface area (Å²) >= 11 is 0. The first-order valence-corrected chi connectivity index (χ1v) is 8.99. The number of aliphatic hydroxyl groups excluding tert-OH is 1.